The van der Waals surface area contributed by atoms with Crippen molar-refractivity contribution < 1.29 is 9.59 Å². The molecule has 0 aromatic heterocycles. The van der Waals surface area contributed by atoms with E-state index in [-0.39, 0.29) is 5.78 Å². The van der Waals surface area contributed by atoms with Gasteiger partial charge in [0.1, 0.15) is 0 Å². The molecule has 0 radical (unpaired) electrons. The Morgan fingerprint density at radius 2 is 2.36 bits per heavy atom. The maximum Gasteiger partial charge on any atom is 0.312 e. The Kier molecular flexibility index (Phi) is 2.25. The summed E-state index contributed by atoms with van der Waals surface area (Å²) in [5.41, 5.74) is 5.80. The maximum absolute atomic E-state index is 10.7. The van der Waals surface area contributed by atoms with Crippen LogP contribution in [0.25, 0.3) is 0 Å². The molecule has 1 aliphatic carbocycles. The predicted octanol–water partition coefficient (Wildman–Crippen LogP) is -0.0560. The van der Waals surface area contributed by atoms with Crippen molar-refractivity contribution in [3.63, 3.8) is 0 Å². The molecule has 0 aromatic carbocycles. The third-order valence-electron chi connectivity index (χ3n) is 1.55. The Hall–Kier alpha value is -1.32. The van der Waals surface area contributed by atoms with E-state index in [1.54, 1.807) is 6.08 Å². The normalized spacial score (nSPS) is 16.4. The molecule has 3 N–H and O–H groups in total. The third-order valence-corrected chi connectivity index (χ3v) is 1.55. The lowest BCUT2D eigenvalue weighted by Gasteiger charge is -1.99. The molecule has 0 spiro atoms. The highest BCUT2D eigenvalue weighted by Gasteiger charge is 2.11. The van der Waals surface area contributed by atoms with E-state index < -0.39 is 6.03 Å². The average Bonchev–Trinajstić information content (AvgIpc) is 2.31. The van der Waals surface area contributed by atoms with E-state index in [9.17, 15) is 9.59 Å². The van der Waals surface area contributed by atoms with Gasteiger partial charge in [-0.1, -0.05) is 0 Å². The number of hydrogen-bond donors (Lipinski definition) is 2. The van der Waals surface area contributed by atoms with Crippen molar-refractivity contribution >= 4 is 11.8 Å². The second kappa shape index (κ2) is 3.18. The number of ketones is 1. The lowest BCUT2D eigenvalue weighted by molar-refractivity contribution is -0.114. The van der Waals surface area contributed by atoms with Gasteiger partial charge in [-0.05, 0) is 18.1 Å². The Morgan fingerprint density at radius 3 is 2.82 bits per heavy atom. The van der Waals surface area contributed by atoms with Crippen LogP contribution in [-0.2, 0) is 4.79 Å². The quantitative estimate of drug-likeness (QED) is 0.585. The fraction of sp³-hybridized carbons (Fsp3) is 0.429. The van der Waals surface area contributed by atoms with Crippen LogP contribution < -0.4 is 11.1 Å². The molecular weight excluding hydrogens is 144 g/mol. The number of allylic oxidation sites excluding steroid dienone is 1. The van der Waals surface area contributed by atoms with Crippen molar-refractivity contribution in [3.8, 4) is 0 Å². The van der Waals surface area contributed by atoms with Crippen LogP contribution in [-0.4, -0.2) is 18.4 Å². The molecule has 0 atom stereocenters. The molecule has 0 bridgehead atoms. The van der Waals surface area contributed by atoms with Gasteiger partial charge in [0.25, 0.3) is 0 Å². The lowest BCUT2D eigenvalue weighted by Crippen LogP contribution is -2.30. The van der Waals surface area contributed by atoms with Gasteiger partial charge in [-0.2, -0.15) is 0 Å². The van der Waals surface area contributed by atoms with Gasteiger partial charge in [-0.15, -0.1) is 0 Å². The van der Waals surface area contributed by atoms with Crippen molar-refractivity contribution in [2.75, 3.05) is 6.54 Å². The first kappa shape index (κ1) is 7.78. The van der Waals surface area contributed by atoms with Crippen LogP contribution in [0.3, 0.4) is 0 Å². The zero-order chi connectivity index (χ0) is 8.27. The molecule has 4 nitrogen and oxygen atoms in total. The van der Waals surface area contributed by atoms with Crippen LogP contribution in [0.4, 0.5) is 4.79 Å². The number of carbonyl (C=O) groups is 2. The third kappa shape index (κ3) is 2.41. The average molecular weight is 154 g/mol. The summed E-state index contributed by atoms with van der Waals surface area (Å²) in [6.45, 7) is 0.404. The Bertz CT molecular complexity index is 220. The summed E-state index contributed by atoms with van der Waals surface area (Å²) < 4.78 is 0. The molecule has 11 heavy (non-hydrogen) atoms. The van der Waals surface area contributed by atoms with Gasteiger partial charge in [0.15, 0.2) is 5.78 Å². The second-order valence-corrected chi connectivity index (χ2v) is 2.49. The van der Waals surface area contributed by atoms with Crippen LogP contribution >= 0.6 is 0 Å². The van der Waals surface area contributed by atoms with E-state index in [1.807, 2.05) is 0 Å². The number of nitrogens with two attached hydrogens (primary N) is 1. The smallest absolute Gasteiger partial charge is 0.312 e. The van der Waals surface area contributed by atoms with E-state index in [4.69, 9.17) is 5.73 Å². The molecule has 0 aliphatic heterocycles. The molecule has 60 valence electrons. The van der Waals surface area contributed by atoms with Crippen molar-refractivity contribution in [2.45, 2.75) is 12.8 Å². The molecule has 1 aliphatic rings. The Labute approximate surface area is 64.4 Å². The van der Waals surface area contributed by atoms with Crippen molar-refractivity contribution in [2.24, 2.45) is 5.73 Å². The van der Waals surface area contributed by atoms with E-state index in [0.29, 0.717) is 13.0 Å². The standard InChI is InChI=1S/C7H10N2O2/c8-7(11)9-4-5-1-2-6(10)3-5/h3H,1-2,4H2,(H3,8,9,11). The van der Waals surface area contributed by atoms with Crippen LogP contribution in [0.2, 0.25) is 0 Å². The number of nitrogens with one attached hydrogen (secondary N) is 1. The van der Waals surface area contributed by atoms with Crippen molar-refractivity contribution in [3.05, 3.63) is 11.6 Å². The molecule has 2 amide bonds. The summed E-state index contributed by atoms with van der Waals surface area (Å²) in [5.74, 6) is 0.131. The maximum atomic E-state index is 10.7. The highest BCUT2D eigenvalue weighted by Crippen LogP contribution is 2.12. The largest absolute Gasteiger partial charge is 0.352 e. The number of amides is 2. The fourth-order valence-electron chi connectivity index (χ4n) is 0.996. The molecular formula is C7H10N2O2. The van der Waals surface area contributed by atoms with Crippen LogP contribution in [0.5, 0.6) is 0 Å². The van der Waals surface area contributed by atoms with Gasteiger partial charge in [0, 0.05) is 13.0 Å². The SMILES string of the molecule is NC(=O)NCC1=CC(=O)CC1. The molecule has 0 unspecified atom stereocenters. The van der Waals surface area contributed by atoms with Gasteiger partial charge in [0.2, 0.25) is 0 Å². The van der Waals surface area contributed by atoms with Crippen LogP contribution in [0, 0.1) is 0 Å². The number of urea groups is 1. The lowest BCUT2D eigenvalue weighted by atomic mass is 10.2. The van der Waals surface area contributed by atoms with Gasteiger partial charge in [-0.3, -0.25) is 4.79 Å². The van der Waals surface area contributed by atoms with Gasteiger partial charge in [-0.25, -0.2) is 4.79 Å². The first-order valence-corrected chi connectivity index (χ1v) is 3.44. The van der Waals surface area contributed by atoms with Gasteiger partial charge in [0.05, 0.1) is 0 Å². The van der Waals surface area contributed by atoms with Crippen LogP contribution in [0.15, 0.2) is 11.6 Å². The summed E-state index contributed by atoms with van der Waals surface area (Å²) in [6, 6.07) is -0.551. The van der Waals surface area contributed by atoms with E-state index >= 15 is 0 Å². The van der Waals surface area contributed by atoms with Crippen LogP contribution in [0.1, 0.15) is 12.8 Å². The molecule has 4 heteroatoms. The predicted molar refractivity (Wildman–Crippen MR) is 39.9 cm³/mol. The summed E-state index contributed by atoms with van der Waals surface area (Å²) >= 11 is 0. The first-order valence-electron chi connectivity index (χ1n) is 3.44. The van der Waals surface area contributed by atoms with Crippen molar-refractivity contribution in [1.82, 2.24) is 5.32 Å². The number of hydrogen-bond acceptors (Lipinski definition) is 2. The van der Waals surface area contributed by atoms with E-state index in [0.717, 1.165) is 12.0 Å². The first-order chi connectivity index (χ1) is 5.18. The van der Waals surface area contributed by atoms with Gasteiger partial charge >= 0.3 is 6.03 Å². The zero-order valence-electron chi connectivity index (χ0n) is 6.09. The summed E-state index contributed by atoms with van der Waals surface area (Å²) in [6.07, 6.45) is 2.88. The molecule has 0 saturated carbocycles. The Balaban J connectivity index is 2.33. The molecule has 0 saturated heterocycles. The summed E-state index contributed by atoms with van der Waals surface area (Å²) in [7, 11) is 0. The Morgan fingerprint density at radius 1 is 1.64 bits per heavy atom. The minimum atomic E-state index is -0.551. The summed E-state index contributed by atoms with van der Waals surface area (Å²) in [4.78, 5) is 20.9. The summed E-state index contributed by atoms with van der Waals surface area (Å²) in [5, 5.41) is 2.43. The number of carbonyl (C=O) groups excluding carboxylic acids is 2. The second-order valence-electron chi connectivity index (χ2n) is 2.49. The molecule has 1 rings (SSSR count). The molecule has 0 aromatic rings. The zero-order valence-corrected chi connectivity index (χ0v) is 6.09. The van der Waals surface area contributed by atoms with Crippen molar-refractivity contribution in [1.29, 1.82) is 0 Å². The number of rotatable bonds is 2. The molecule has 0 fully saturated rings. The fourth-order valence-corrected chi connectivity index (χ4v) is 0.996. The minimum Gasteiger partial charge on any atom is -0.352 e. The topological polar surface area (TPSA) is 72.2 Å². The number of primary amides is 1. The monoisotopic (exact) mass is 154 g/mol. The highest BCUT2D eigenvalue weighted by molar-refractivity contribution is 5.93. The minimum absolute atomic E-state index is 0.131. The van der Waals surface area contributed by atoms with E-state index in [1.165, 1.54) is 0 Å². The molecule has 0 heterocycles. The van der Waals surface area contributed by atoms with Gasteiger partial charge < -0.3 is 11.1 Å². The highest BCUT2D eigenvalue weighted by atomic mass is 16.2. The van der Waals surface area contributed by atoms with E-state index in [2.05, 4.69) is 5.32 Å².